The molecule has 1 unspecified atom stereocenters. The van der Waals surface area contributed by atoms with Gasteiger partial charge in [0.05, 0.1) is 12.6 Å². The van der Waals surface area contributed by atoms with E-state index in [1.54, 1.807) is 13.4 Å². The zero-order valence-corrected chi connectivity index (χ0v) is 8.10. The molecule has 0 saturated heterocycles. The lowest BCUT2D eigenvalue weighted by molar-refractivity contribution is 0.184. The van der Waals surface area contributed by atoms with Gasteiger partial charge in [0.2, 0.25) is 5.13 Å². The number of anilines is 1. The SMILES string of the molecule is CCC(COC)Nc1ncns1. The topological polar surface area (TPSA) is 47.0 Å². The van der Waals surface area contributed by atoms with E-state index in [9.17, 15) is 0 Å². The van der Waals surface area contributed by atoms with E-state index >= 15 is 0 Å². The Morgan fingerprint density at radius 3 is 3.08 bits per heavy atom. The number of rotatable bonds is 5. The molecule has 0 radical (unpaired) electrons. The van der Waals surface area contributed by atoms with Gasteiger partial charge in [-0.2, -0.15) is 4.37 Å². The van der Waals surface area contributed by atoms with Crippen molar-refractivity contribution < 1.29 is 4.74 Å². The highest BCUT2D eigenvalue weighted by Crippen LogP contribution is 2.09. The largest absolute Gasteiger partial charge is 0.383 e. The molecule has 0 aliphatic carbocycles. The van der Waals surface area contributed by atoms with Gasteiger partial charge in [0.1, 0.15) is 6.33 Å². The minimum Gasteiger partial charge on any atom is -0.383 e. The summed E-state index contributed by atoms with van der Waals surface area (Å²) in [5, 5.41) is 4.09. The second-order valence-corrected chi connectivity index (χ2v) is 3.23. The monoisotopic (exact) mass is 187 g/mol. The number of nitrogens with zero attached hydrogens (tertiary/aromatic N) is 2. The second-order valence-electron chi connectivity index (χ2n) is 2.45. The molecule has 0 fully saturated rings. The van der Waals surface area contributed by atoms with E-state index in [-0.39, 0.29) is 0 Å². The van der Waals surface area contributed by atoms with Crippen molar-refractivity contribution in [2.24, 2.45) is 0 Å². The van der Waals surface area contributed by atoms with Gasteiger partial charge in [0, 0.05) is 18.6 Å². The van der Waals surface area contributed by atoms with Crippen LogP contribution in [0.1, 0.15) is 13.3 Å². The molecule has 0 saturated carbocycles. The maximum Gasteiger partial charge on any atom is 0.202 e. The molecule has 0 bridgehead atoms. The van der Waals surface area contributed by atoms with Crippen molar-refractivity contribution in [3.8, 4) is 0 Å². The van der Waals surface area contributed by atoms with E-state index < -0.39 is 0 Å². The van der Waals surface area contributed by atoms with Crippen LogP contribution >= 0.6 is 11.5 Å². The summed E-state index contributed by atoms with van der Waals surface area (Å²) in [4.78, 5) is 4.03. The summed E-state index contributed by atoms with van der Waals surface area (Å²) < 4.78 is 8.93. The highest BCUT2D eigenvalue weighted by molar-refractivity contribution is 7.09. The molecule has 5 heteroatoms. The van der Waals surface area contributed by atoms with Crippen LogP contribution in [0.3, 0.4) is 0 Å². The summed E-state index contributed by atoms with van der Waals surface area (Å²) in [7, 11) is 1.70. The third-order valence-electron chi connectivity index (χ3n) is 1.55. The van der Waals surface area contributed by atoms with Crippen molar-refractivity contribution in [1.82, 2.24) is 9.36 Å². The van der Waals surface area contributed by atoms with Crippen LogP contribution in [-0.4, -0.2) is 29.1 Å². The normalized spacial score (nSPS) is 12.8. The third-order valence-corrected chi connectivity index (χ3v) is 2.15. The van der Waals surface area contributed by atoms with Crippen LogP contribution in [0.2, 0.25) is 0 Å². The van der Waals surface area contributed by atoms with Crippen LogP contribution in [-0.2, 0) is 4.74 Å². The van der Waals surface area contributed by atoms with E-state index in [1.807, 2.05) is 0 Å². The van der Waals surface area contributed by atoms with Crippen molar-refractivity contribution >= 4 is 16.7 Å². The molecule has 0 aliphatic rings. The van der Waals surface area contributed by atoms with Crippen LogP contribution < -0.4 is 5.32 Å². The van der Waals surface area contributed by atoms with Crippen molar-refractivity contribution in [2.75, 3.05) is 19.0 Å². The van der Waals surface area contributed by atoms with Gasteiger partial charge in [-0.3, -0.25) is 0 Å². The fourth-order valence-corrected chi connectivity index (χ4v) is 1.38. The Kier molecular flexibility index (Phi) is 3.96. The molecule has 1 rings (SSSR count). The highest BCUT2D eigenvalue weighted by Gasteiger charge is 2.06. The second kappa shape index (κ2) is 5.05. The van der Waals surface area contributed by atoms with Gasteiger partial charge in [0.25, 0.3) is 0 Å². The maximum atomic E-state index is 5.04. The summed E-state index contributed by atoms with van der Waals surface area (Å²) in [6.45, 7) is 2.81. The Labute approximate surface area is 76.1 Å². The van der Waals surface area contributed by atoms with Gasteiger partial charge < -0.3 is 10.1 Å². The van der Waals surface area contributed by atoms with Crippen LogP contribution in [0.5, 0.6) is 0 Å². The van der Waals surface area contributed by atoms with Gasteiger partial charge in [-0.15, -0.1) is 0 Å². The average molecular weight is 187 g/mol. The predicted octanol–water partition coefficient (Wildman–Crippen LogP) is 1.37. The smallest absolute Gasteiger partial charge is 0.202 e. The molecule has 0 aliphatic heterocycles. The Balaban J connectivity index is 2.37. The van der Waals surface area contributed by atoms with Crippen molar-refractivity contribution in [2.45, 2.75) is 19.4 Å². The average Bonchev–Trinajstić information content (AvgIpc) is 2.56. The number of hydrogen-bond acceptors (Lipinski definition) is 5. The van der Waals surface area contributed by atoms with Gasteiger partial charge in [-0.1, -0.05) is 6.92 Å². The summed E-state index contributed by atoms with van der Waals surface area (Å²) in [5.74, 6) is 0. The fourth-order valence-electron chi connectivity index (χ4n) is 0.874. The maximum absolute atomic E-state index is 5.04. The molecule has 1 N–H and O–H groups in total. The zero-order valence-electron chi connectivity index (χ0n) is 7.28. The number of nitrogens with one attached hydrogen (secondary N) is 1. The van der Waals surface area contributed by atoms with Gasteiger partial charge in [-0.05, 0) is 6.42 Å². The molecule has 4 nitrogen and oxygen atoms in total. The molecule has 0 aromatic carbocycles. The van der Waals surface area contributed by atoms with E-state index in [1.165, 1.54) is 11.5 Å². The Morgan fingerprint density at radius 2 is 2.58 bits per heavy atom. The third kappa shape index (κ3) is 2.75. The lowest BCUT2D eigenvalue weighted by Gasteiger charge is -2.13. The van der Waals surface area contributed by atoms with Crippen LogP contribution in [0.4, 0.5) is 5.13 Å². The van der Waals surface area contributed by atoms with Gasteiger partial charge in [-0.25, -0.2) is 4.98 Å². The lowest BCUT2D eigenvalue weighted by Crippen LogP contribution is -2.23. The van der Waals surface area contributed by atoms with Crippen molar-refractivity contribution in [3.63, 3.8) is 0 Å². The fraction of sp³-hybridized carbons (Fsp3) is 0.714. The molecule has 68 valence electrons. The van der Waals surface area contributed by atoms with Crippen LogP contribution in [0.25, 0.3) is 0 Å². The number of ether oxygens (including phenoxy) is 1. The van der Waals surface area contributed by atoms with E-state index in [0.29, 0.717) is 12.6 Å². The molecule has 12 heavy (non-hydrogen) atoms. The quantitative estimate of drug-likeness (QED) is 0.756. The van der Waals surface area contributed by atoms with Crippen LogP contribution in [0.15, 0.2) is 6.33 Å². The Bertz CT molecular complexity index is 202. The molecular formula is C7H13N3OS. The van der Waals surface area contributed by atoms with Gasteiger partial charge >= 0.3 is 0 Å². The first-order valence-electron chi connectivity index (χ1n) is 3.89. The summed E-state index contributed by atoms with van der Waals surface area (Å²) in [5.41, 5.74) is 0. The van der Waals surface area contributed by atoms with Crippen molar-refractivity contribution in [3.05, 3.63) is 6.33 Å². The Hall–Kier alpha value is -0.680. The number of hydrogen-bond donors (Lipinski definition) is 1. The molecule has 1 aromatic rings. The molecule has 0 amide bonds. The molecule has 1 heterocycles. The standard InChI is InChI=1S/C7H13N3OS/c1-3-6(4-11-2)10-7-8-5-9-12-7/h5-6H,3-4H2,1-2H3,(H,8,9,10). The van der Waals surface area contributed by atoms with E-state index in [4.69, 9.17) is 4.74 Å². The first-order valence-corrected chi connectivity index (χ1v) is 4.66. The molecule has 0 spiro atoms. The van der Waals surface area contributed by atoms with E-state index in [0.717, 1.165) is 11.6 Å². The minimum absolute atomic E-state index is 0.336. The first-order chi connectivity index (χ1) is 5.86. The summed E-state index contributed by atoms with van der Waals surface area (Å²) >= 11 is 1.36. The Morgan fingerprint density at radius 1 is 1.75 bits per heavy atom. The molecule has 1 atom stereocenters. The first kappa shape index (κ1) is 9.41. The number of aromatic nitrogens is 2. The summed E-state index contributed by atoms with van der Waals surface area (Å²) in [6.07, 6.45) is 2.57. The van der Waals surface area contributed by atoms with E-state index in [2.05, 4.69) is 21.6 Å². The molecule has 1 aromatic heterocycles. The zero-order chi connectivity index (χ0) is 8.81. The highest BCUT2D eigenvalue weighted by atomic mass is 32.1. The minimum atomic E-state index is 0.336. The summed E-state index contributed by atoms with van der Waals surface area (Å²) in [6, 6.07) is 0.336. The predicted molar refractivity (Wildman–Crippen MR) is 49.5 cm³/mol. The van der Waals surface area contributed by atoms with Crippen molar-refractivity contribution in [1.29, 1.82) is 0 Å². The van der Waals surface area contributed by atoms with Gasteiger partial charge in [0.15, 0.2) is 0 Å². The van der Waals surface area contributed by atoms with Crippen LogP contribution in [0, 0.1) is 0 Å². The number of methoxy groups -OCH3 is 1. The molecular weight excluding hydrogens is 174 g/mol. The lowest BCUT2D eigenvalue weighted by atomic mass is 10.2.